The Bertz CT molecular complexity index is 269. The van der Waals surface area contributed by atoms with Crippen LogP contribution in [0.15, 0.2) is 30.3 Å². The average Bonchev–Trinajstić information content (AvgIpc) is 2.14. The van der Waals surface area contributed by atoms with Crippen LogP contribution in [0, 0.1) is 0 Å². The highest BCUT2D eigenvalue weighted by atomic mass is 127. The standard InChI is InChI=1S/C12H20NO.HI/c1-13(2,3)10-9-12(14)11-7-5-4-6-8-11;/h4-8,12,14H,9-10H2,1-3H3;1H/q+1;/p-1. The molecular formula is C12H20INO. The van der Waals surface area contributed by atoms with Gasteiger partial charge in [0.2, 0.25) is 0 Å². The van der Waals surface area contributed by atoms with E-state index in [1.165, 1.54) is 0 Å². The number of aliphatic hydroxyl groups excluding tert-OH is 1. The van der Waals surface area contributed by atoms with Gasteiger partial charge in [0.1, 0.15) is 0 Å². The van der Waals surface area contributed by atoms with Gasteiger partial charge in [-0.05, 0) is 5.56 Å². The van der Waals surface area contributed by atoms with E-state index in [9.17, 15) is 5.11 Å². The molecule has 1 aromatic rings. The smallest absolute Gasteiger partial charge is 0.0843 e. The molecule has 1 N–H and O–H groups in total. The van der Waals surface area contributed by atoms with Gasteiger partial charge < -0.3 is 33.6 Å². The second-order valence-corrected chi connectivity index (χ2v) is 4.73. The molecule has 0 bridgehead atoms. The fourth-order valence-corrected chi connectivity index (χ4v) is 1.35. The van der Waals surface area contributed by atoms with Crippen molar-refractivity contribution in [1.29, 1.82) is 0 Å². The number of hydrogen-bond acceptors (Lipinski definition) is 1. The van der Waals surface area contributed by atoms with Crippen LogP contribution in [0.3, 0.4) is 0 Å². The van der Waals surface area contributed by atoms with E-state index >= 15 is 0 Å². The topological polar surface area (TPSA) is 20.2 Å². The van der Waals surface area contributed by atoms with Crippen molar-refractivity contribution in [2.75, 3.05) is 27.7 Å². The van der Waals surface area contributed by atoms with Gasteiger partial charge in [0.05, 0.1) is 33.8 Å². The lowest BCUT2D eigenvalue weighted by Crippen LogP contribution is -3.00. The van der Waals surface area contributed by atoms with Gasteiger partial charge in [0.25, 0.3) is 0 Å². The minimum atomic E-state index is -0.325. The monoisotopic (exact) mass is 321 g/mol. The van der Waals surface area contributed by atoms with Crippen LogP contribution in [0.5, 0.6) is 0 Å². The summed E-state index contributed by atoms with van der Waals surface area (Å²) >= 11 is 0. The van der Waals surface area contributed by atoms with Crippen LogP contribution in [0.25, 0.3) is 0 Å². The zero-order valence-electron chi connectivity index (χ0n) is 9.65. The first kappa shape index (κ1) is 14.9. The third-order valence-corrected chi connectivity index (χ3v) is 2.26. The van der Waals surface area contributed by atoms with Gasteiger partial charge in [0, 0.05) is 6.42 Å². The Hall–Kier alpha value is -0.130. The quantitative estimate of drug-likeness (QED) is 0.547. The number of nitrogens with zero attached hydrogens (tertiary/aromatic N) is 1. The predicted molar refractivity (Wildman–Crippen MR) is 58.9 cm³/mol. The predicted octanol–water partition coefficient (Wildman–Crippen LogP) is -1.18. The minimum absolute atomic E-state index is 0. The maximum atomic E-state index is 9.87. The SMILES string of the molecule is C[N+](C)(C)CCC(O)c1ccccc1.[I-]. The summed E-state index contributed by atoms with van der Waals surface area (Å²) in [7, 11) is 6.41. The van der Waals surface area contributed by atoms with Gasteiger partial charge in [-0.25, -0.2) is 0 Å². The largest absolute Gasteiger partial charge is 1.00 e. The number of hydrogen-bond donors (Lipinski definition) is 1. The fourth-order valence-electron chi connectivity index (χ4n) is 1.35. The molecule has 0 aliphatic heterocycles. The molecule has 15 heavy (non-hydrogen) atoms. The number of quaternary nitrogens is 1. The number of aliphatic hydroxyl groups is 1. The molecule has 86 valence electrons. The van der Waals surface area contributed by atoms with E-state index in [0.29, 0.717) is 0 Å². The van der Waals surface area contributed by atoms with Crippen LogP contribution in [0.4, 0.5) is 0 Å². The zero-order chi connectivity index (χ0) is 10.6. The molecule has 0 aliphatic carbocycles. The summed E-state index contributed by atoms with van der Waals surface area (Å²) in [4.78, 5) is 0. The summed E-state index contributed by atoms with van der Waals surface area (Å²) in [6.07, 6.45) is 0.488. The first-order valence-electron chi connectivity index (χ1n) is 5.02. The Morgan fingerprint density at radius 3 is 2.13 bits per heavy atom. The van der Waals surface area contributed by atoms with Crippen molar-refractivity contribution in [2.24, 2.45) is 0 Å². The van der Waals surface area contributed by atoms with Crippen LogP contribution < -0.4 is 24.0 Å². The Kier molecular flexibility index (Phi) is 6.40. The first-order chi connectivity index (χ1) is 6.49. The highest BCUT2D eigenvalue weighted by Gasteiger charge is 2.12. The first-order valence-corrected chi connectivity index (χ1v) is 5.02. The van der Waals surface area contributed by atoms with Crippen molar-refractivity contribution in [3.05, 3.63) is 35.9 Å². The van der Waals surface area contributed by atoms with Crippen LogP contribution in [0.2, 0.25) is 0 Å². The normalized spacial score (nSPS) is 13.1. The van der Waals surface area contributed by atoms with E-state index in [-0.39, 0.29) is 30.1 Å². The number of rotatable bonds is 4. The molecule has 1 rings (SSSR count). The Morgan fingerprint density at radius 2 is 1.67 bits per heavy atom. The molecule has 0 fully saturated rings. The summed E-state index contributed by atoms with van der Waals surface area (Å²) in [5.41, 5.74) is 1.01. The second kappa shape index (κ2) is 6.45. The number of halogens is 1. The molecule has 0 saturated heterocycles. The Balaban J connectivity index is 0.00000196. The van der Waals surface area contributed by atoms with Gasteiger partial charge in [-0.1, -0.05) is 30.3 Å². The molecular weight excluding hydrogens is 301 g/mol. The van der Waals surface area contributed by atoms with Crippen molar-refractivity contribution >= 4 is 0 Å². The maximum absolute atomic E-state index is 9.87. The van der Waals surface area contributed by atoms with Gasteiger partial charge >= 0.3 is 0 Å². The third-order valence-electron chi connectivity index (χ3n) is 2.26. The lowest BCUT2D eigenvalue weighted by atomic mass is 10.1. The summed E-state index contributed by atoms with van der Waals surface area (Å²) in [5.74, 6) is 0. The highest BCUT2D eigenvalue weighted by Crippen LogP contribution is 2.16. The van der Waals surface area contributed by atoms with E-state index in [1.54, 1.807) is 0 Å². The van der Waals surface area contributed by atoms with Crippen LogP contribution in [-0.2, 0) is 0 Å². The summed E-state index contributed by atoms with van der Waals surface area (Å²) in [5, 5.41) is 9.87. The van der Waals surface area contributed by atoms with E-state index in [2.05, 4.69) is 21.1 Å². The minimum Gasteiger partial charge on any atom is -1.00 e. The van der Waals surface area contributed by atoms with Gasteiger partial charge in [-0.15, -0.1) is 0 Å². The molecule has 0 spiro atoms. The molecule has 1 atom stereocenters. The van der Waals surface area contributed by atoms with Crippen LogP contribution >= 0.6 is 0 Å². The molecule has 0 heterocycles. The van der Waals surface area contributed by atoms with Crippen LogP contribution in [0.1, 0.15) is 18.1 Å². The lowest BCUT2D eigenvalue weighted by molar-refractivity contribution is -0.871. The summed E-state index contributed by atoms with van der Waals surface area (Å²) < 4.78 is 0.893. The molecule has 2 nitrogen and oxygen atoms in total. The molecule has 0 aliphatic rings. The van der Waals surface area contributed by atoms with Crippen molar-refractivity contribution in [3.63, 3.8) is 0 Å². The van der Waals surface area contributed by atoms with E-state index in [4.69, 9.17) is 0 Å². The van der Waals surface area contributed by atoms with Crippen molar-refractivity contribution in [1.82, 2.24) is 0 Å². The zero-order valence-corrected chi connectivity index (χ0v) is 11.8. The fraction of sp³-hybridized carbons (Fsp3) is 0.500. The van der Waals surface area contributed by atoms with Crippen molar-refractivity contribution in [2.45, 2.75) is 12.5 Å². The maximum Gasteiger partial charge on any atom is 0.0843 e. The van der Waals surface area contributed by atoms with Crippen molar-refractivity contribution in [3.8, 4) is 0 Å². The molecule has 0 amide bonds. The number of benzene rings is 1. The summed E-state index contributed by atoms with van der Waals surface area (Å²) in [6, 6.07) is 9.84. The van der Waals surface area contributed by atoms with Crippen molar-refractivity contribution < 1.29 is 33.6 Å². The molecule has 0 aromatic heterocycles. The highest BCUT2D eigenvalue weighted by molar-refractivity contribution is 5.16. The molecule has 0 radical (unpaired) electrons. The second-order valence-electron chi connectivity index (χ2n) is 4.73. The molecule has 3 heteroatoms. The molecule has 1 unspecified atom stereocenters. The summed E-state index contributed by atoms with van der Waals surface area (Å²) in [6.45, 7) is 0.982. The van der Waals surface area contributed by atoms with E-state index in [1.807, 2.05) is 30.3 Å². The Labute approximate surface area is 110 Å². The van der Waals surface area contributed by atoms with E-state index < -0.39 is 0 Å². The molecule has 0 saturated carbocycles. The van der Waals surface area contributed by atoms with E-state index in [0.717, 1.165) is 23.0 Å². The third kappa shape index (κ3) is 6.12. The van der Waals surface area contributed by atoms with Crippen LogP contribution in [-0.4, -0.2) is 37.3 Å². The Morgan fingerprint density at radius 1 is 1.13 bits per heavy atom. The van der Waals surface area contributed by atoms with Gasteiger partial charge in [0.15, 0.2) is 0 Å². The average molecular weight is 321 g/mol. The lowest BCUT2D eigenvalue weighted by Gasteiger charge is -2.25. The molecule has 1 aromatic carbocycles. The van der Waals surface area contributed by atoms with Gasteiger partial charge in [-0.3, -0.25) is 0 Å². The van der Waals surface area contributed by atoms with Gasteiger partial charge in [-0.2, -0.15) is 0 Å².